The van der Waals surface area contributed by atoms with Crippen LogP contribution in [0, 0.1) is 0 Å². The molecule has 0 saturated heterocycles. The van der Waals surface area contributed by atoms with Gasteiger partial charge in [-0.25, -0.2) is 8.42 Å². The third-order valence-electron chi connectivity index (χ3n) is 5.19. The van der Waals surface area contributed by atoms with E-state index in [-0.39, 0.29) is 29.1 Å². The van der Waals surface area contributed by atoms with Crippen LogP contribution in [0.5, 0.6) is 5.75 Å². The first-order valence-corrected chi connectivity index (χ1v) is 12.1. The molecular weight excluding hydrogens is 444 g/mol. The van der Waals surface area contributed by atoms with Gasteiger partial charge in [0, 0.05) is 18.3 Å². The summed E-state index contributed by atoms with van der Waals surface area (Å²) in [5.41, 5.74) is 1.02. The molecule has 0 aromatic heterocycles. The number of rotatable bonds is 9. The first-order valence-electron chi connectivity index (χ1n) is 10.6. The summed E-state index contributed by atoms with van der Waals surface area (Å²) < 4.78 is 32.3. The smallest absolute Gasteiger partial charge is 0.263 e. The largest absolute Gasteiger partial charge is 0.497 e. The number of unbranched alkanes of at least 4 members (excludes halogenated alkanes) is 1. The summed E-state index contributed by atoms with van der Waals surface area (Å²) in [4.78, 5) is 31.5. The van der Waals surface area contributed by atoms with Gasteiger partial charge in [-0.05, 0) is 42.8 Å². The third kappa shape index (κ3) is 5.89. The number of sulfonamides is 1. The average Bonchev–Trinajstić information content (AvgIpc) is 3.06. The molecule has 1 heterocycles. The zero-order valence-corrected chi connectivity index (χ0v) is 19.7. The Morgan fingerprint density at radius 3 is 2.52 bits per heavy atom. The summed E-state index contributed by atoms with van der Waals surface area (Å²) in [5.74, 6) is 0.104. The molecular formula is C23H28N4O5S. The van der Waals surface area contributed by atoms with Gasteiger partial charge < -0.3 is 15.0 Å². The van der Waals surface area contributed by atoms with Crippen LogP contribution >= 0.6 is 0 Å². The number of aliphatic imine (C=N–C) groups is 1. The first-order chi connectivity index (χ1) is 15.7. The van der Waals surface area contributed by atoms with Crippen molar-refractivity contribution in [3.05, 3.63) is 54.1 Å². The van der Waals surface area contributed by atoms with Crippen molar-refractivity contribution in [2.45, 2.75) is 37.1 Å². The Kier molecular flexibility index (Phi) is 7.70. The number of methoxy groups -OCH3 is 1. The predicted octanol–water partition coefficient (Wildman–Crippen LogP) is 2.39. The van der Waals surface area contributed by atoms with Crippen LogP contribution in [0.2, 0.25) is 0 Å². The monoisotopic (exact) mass is 472 g/mol. The number of carbonyl (C=O) groups excluding carboxylic acids is 2. The van der Waals surface area contributed by atoms with E-state index in [2.05, 4.69) is 15.0 Å². The van der Waals surface area contributed by atoms with Crippen molar-refractivity contribution in [3.8, 4) is 5.75 Å². The van der Waals surface area contributed by atoms with Gasteiger partial charge in [-0.15, -0.1) is 0 Å². The van der Waals surface area contributed by atoms with Crippen molar-refractivity contribution in [2.75, 3.05) is 26.0 Å². The molecule has 176 valence electrons. The second-order valence-electron chi connectivity index (χ2n) is 7.71. The van der Waals surface area contributed by atoms with Crippen molar-refractivity contribution in [1.29, 1.82) is 0 Å². The molecule has 1 aliphatic heterocycles. The summed E-state index contributed by atoms with van der Waals surface area (Å²) in [6.07, 6.45) is 2.01. The fraction of sp³-hybridized carbons (Fsp3) is 0.348. The van der Waals surface area contributed by atoms with Gasteiger partial charge in [0.25, 0.3) is 10.0 Å². The van der Waals surface area contributed by atoms with Crippen molar-refractivity contribution in [2.24, 2.45) is 4.99 Å². The molecule has 3 rings (SSSR count). The van der Waals surface area contributed by atoms with Gasteiger partial charge in [-0.3, -0.25) is 19.3 Å². The highest BCUT2D eigenvalue weighted by molar-refractivity contribution is 7.90. The number of anilines is 1. The topological polar surface area (TPSA) is 117 Å². The Bertz CT molecular complexity index is 1150. The Morgan fingerprint density at radius 1 is 1.15 bits per heavy atom. The summed E-state index contributed by atoms with van der Waals surface area (Å²) >= 11 is 0. The van der Waals surface area contributed by atoms with Gasteiger partial charge in [0.05, 0.1) is 18.6 Å². The molecule has 0 bridgehead atoms. The standard InChI is InChI=1S/C23H28N4O5S/c1-4-5-9-19(25-22-18-8-6-7-10-20(18)33(30,31)26-22)23(29)27(2)15-21(28)24-16-11-13-17(32-3)14-12-16/h6-8,10-14,19H,4-5,9,15H2,1-3H3,(H,24,28)(H,25,26). The zero-order valence-electron chi connectivity index (χ0n) is 18.9. The zero-order chi connectivity index (χ0) is 24.0. The molecule has 0 saturated carbocycles. The number of hydrogen-bond donors (Lipinski definition) is 2. The second-order valence-corrected chi connectivity index (χ2v) is 9.36. The second kappa shape index (κ2) is 10.5. The average molecular weight is 473 g/mol. The minimum atomic E-state index is -3.70. The quantitative estimate of drug-likeness (QED) is 0.581. The first kappa shape index (κ1) is 24.2. The molecule has 1 unspecified atom stereocenters. The molecule has 1 atom stereocenters. The molecule has 0 fully saturated rings. The minimum absolute atomic E-state index is 0.137. The normalized spacial score (nSPS) is 15.9. The molecule has 9 nitrogen and oxygen atoms in total. The van der Waals surface area contributed by atoms with Gasteiger partial charge in [-0.2, -0.15) is 0 Å². The van der Waals surface area contributed by atoms with Crippen LogP contribution < -0.4 is 14.8 Å². The highest BCUT2D eigenvalue weighted by Crippen LogP contribution is 2.23. The van der Waals surface area contributed by atoms with Crippen LogP contribution in [-0.4, -0.2) is 57.7 Å². The summed E-state index contributed by atoms with van der Waals surface area (Å²) in [5, 5.41) is 2.74. The van der Waals surface area contributed by atoms with Gasteiger partial charge >= 0.3 is 0 Å². The van der Waals surface area contributed by atoms with E-state index >= 15 is 0 Å². The van der Waals surface area contributed by atoms with Gasteiger partial charge in [0.2, 0.25) is 11.8 Å². The molecule has 2 aromatic rings. The van der Waals surface area contributed by atoms with Gasteiger partial charge in [0.1, 0.15) is 17.6 Å². The predicted molar refractivity (Wildman–Crippen MR) is 126 cm³/mol. The van der Waals surface area contributed by atoms with Crippen LogP contribution in [0.3, 0.4) is 0 Å². The summed E-state index contributed by atoms with van der Waals surface area (Å²) in [6, 6.07) is 12.6. The summed E-state index contributed by atoms with van der Waals surface area (Å²) in [7, 11) is -0.618. The van der Waals surface area contributed by atoms with E-state index in [1.54, 1.807) is 49.6 Å². The lowest BCUT2D eigenvalue weighted by molar-refractivity contribution is -0.134. The van der Waals surface area contributed by atoms with E-state index in [1.807, 2.05) is 6.92 Å². The molecule has 33 heavy (non-hydrogen) atoms. The van der Waals surface area contributed by atoms with Crippen molar-refractivity contribution in [3.63, 3.8) is 0 Å². The number of amidine groups is 1. The molecule has 10 heteroatoms. The highest BCUT2D eigenvalue weighted by atomic mass is 32.2. The number of fused-ring (bicyclic) bond motifs is 1. The van der Waals surface area contributed by atoms with E-state index in [9.17, 15) is 18.0 Å². The maximum Gasteiger partial charge on any atom is 0.263 e. The Morgan fingerprint density at radius 2 is 1.85 bits per heavy atom. The molecule has 0 spiro atoms. The van der Waals surface area contributed by atoms with E-state index in [4.69, 9.17) is 4.74 Å². The highest BCUT2D eigenvalue weighted by Gasteiger charge is 2.32. The van der Waals surface area contributed by atoms with Gasteiger partial charge in [-0.1, -0.05) is 31.9 Å². The van der Waals surface area contributed by atoms with E-state index < -0.39 is 16.1 Å². The maximum atomic E-state index is 13.1. The number of hydrogen-bond acceptors (Lipinski definition) is 6. The molecule has 2 N–H and O–H groups in total. The number of nitrogens with zero attached hydrogens (tertiary/aromatic N) is 2. The fourth-order valence-corrected chi connectivity index (χ4v) is 4.69. The van der Waals surface area contributed by atoms with E-state index in [0.717, 1.165) is 12.8 Å². The van der Waals surface area contributed by atoms with Crippen LogP contribution in [-0.2, 0) is 19.6 Å². The Labute approximate surface area is 193 Å². The van der Waals surface area contributed by atoms with Crippen LogP contribution in [0.15, 0.2) is 58.4 Å². The number of likely N-dealkylation sites (N-methyl/N-ethyl adjacent to an activating group) is 1. The lowest BCUT2D eigenvalue weighted by Gasteiger charge is -2.21. The molecule has 2 amide bonds. The Balaban J connectivity index is 1.73. The van der Waals surface area contributed by atoms with E-state index in [1.165, 1.54) is 18.0 Å². The molecule has 0 radical (unpaired) electrons. The molecule has 2 aromatic carbocycles. The lowest BCUT2D eigenvalue weighted by Crippen LogP contribution is -2.41. The van der Waals surface area contributed by atoms with Crippen LogP contribution in [0.25, 0.3) is 0 Å². The number of carbonyl (C=O) groups is 2. The number of benzene rings is 2. The summed E-state index contributed by atoms with van der Waals surface area (Å²) in [6.45, 7) is 1.83. The minimum Gasteiger partial charge on any atom is -0.497 e. The molecule has 1 aliphatic rings. The Hall–Kier alpha value is -3.40. The van der Waals surface area contributed by atoms with Crippen LogP contribution in [0.4, 0.5) is 5.69 Å². The lowest BCUT2D eigenvalue weighted by atomic mass is 10.1. The third-order valence-corrected chi connectivity index (χ3v) is 6.59. The fourth-order valence-electron chi connectivity index (χ4n) is 3.45. The molecule has 0 aliphatic carbocycles. The van der Waals surface area contributed by atoms with Gasteiger partial charge in [0.15, 0.2) is 0 Å². The van der Waals surface area contributed by atoms with Crippen molar-refractivity contribution < 1.29 is 22.7 Å². The van der Waals surface area contributed by atoms with E-state index in [0.29, 0.717) is 23.4 Å². The number of nitrogens with one attached hydrogen (secondary N) is 2. The maximum absolute atomic E-state index is 13.1. The van der Waals surface area contributed by atoms with Crippen LogP contribution in [0.1, 0.15) is 31.7 Å². The number of amides is 2. The van der Waals surface area contributed by atoms with Crippen molar-refractivity contribution >= 4 is 33.4 Å². The van der Waals surface area contributed by atoms with Crippen molar-refractivity contribution in [1.82, 2.24) is 9.62 Å². The number of ether oxygens (including phenoxy) is 1. The SMILES string of the molecule is CCCCC(N=C1NS(=O)(=O)c2ccccc21)C(=O)N(C)CC(=O)Nc1ccc(OC)cc1.